The van der Waals surface area contributed by atoms with Gasteiger partial charge in [-0.05, 0) is 105 Å². The van der Waals surface area contributed by atoms with Crippen LogP contribution in [-0.4, -0.2) is 42.7 Å². The second-order valence-electron chi connectivity index (χ2n) is 18.3. The molecule has 286 valence electrons. The van der Waals surface area contributed by atoms with Gasteiger partial charge in [-0.1, -0.05) is 100 Å². The van der Waals surface area contributed by atoms with E-state index in [0.717, 1.165) is 44.5 Å². The molecule has 2 atom stereocenters. The first kappa shape index (κ1) is 41.3. The van der Waals surface area contributed by atoms with Gasteiger partial charge in [-0.25, -0.2) is 4.85 Å². The fraction of sp³-hybridized carbons (Fsp3) is 0.383. The summed E-state index contributed by atoms with van der Waals surface area (Å²) >= 11 is 0. The van der Waals surface area contributed by atoms with Gasteiger partial charge >= 0.3 is 0 Å². The number of hydrogen-bond acceptors (Lipinski definition) is 5. The molecule has 2 aromatic carbocycles. The molecule has 0 aromatic heterocycles. The van der Waals surface area contributed by atoms with E-state index < -0.39 is 25.2 Å². The van der Waals surface area contributed by atoms with Crippen molar-refractivity contribution in [3.63, 3.8) is 0 Å². The summed E-state index contributed by atoms with van der Waals surface area (Å²) in [6, 6.07) is 25.8. The van der Waals surface area contributed by atoms with E-state index in [4.69, 9.17) is 16.8 Å². The van der Waals surface area contributed by atoms with Crippen LogP contribution in [0.2, 0.25) is 18.1 Å². The summed E-state index contributed by atoms with van der Waals surface area (Å²) in [5.41, 5.74) is 7.74. The number of hydrogen-bond donors (Lipinski definition) is 2. The summed E-state index contributed by atoms with van der Waals surface area (Å²) < 4.78 is 0. The van der Waals surface area contributed by atoms with Crippen LogP contribution in [0.4, 0.5) is 0 Å². The van der Waals surface area contributed by atoms with E-state index in [1.165, 1.54) is 5.19 Å². The zero-order valence-electron chi connectivity index (χ0n) is 34.7. The zero-order valence-corrected chi connectivity index (χ0v) is 35.7. The molecule has 1 heterocycles. The predicted octanol–water partition coefficient (Wildman–Crippen LogP) is 9.42. The molecule has 55 heavy (non-hydrogen) atoms. The average Bonchev–Trinajstić information content (AvgIpc) is 3.51. The molecule has 0 radical (unpaired) electrons. The number of quaternary nitrogens is 1. The molecule has 0 fully saturated rings. The number of fused-ring (bicyclic) bond motifs is 1. The molecule has 7 nitrogen and oxygen atoms in total. The van der Waals surface area contributed by atoms with Gasteiger partial charge in [0.15, 0.2) is 5.76 Å². The van der Waals surface area contributed by atoms with Crippen LogP contribution in [0.3, 0.4) is 0 Å². The maximum absolute atomic E-state index is 14.0. The highest BCUT2D eigenvalue weighted by atomic mass is 28.3. The molecule has 2 aromatic rings. The van der Waals surface area contributed by atoms with Crippen molar-refractivity contribution in [2.45, 2.75) is 111 Å². The molecule has 5 rings (SSSR count). The van der Waals surface area contributed by atoms with Gasteiger partial charge in [0.05, 0.1) is 26.7 Å². The SMILES string of the molecule is [C-]#[N+]C1=C(c2cccc(C#Cc3cccc(C=NCC(C)=N)c3)c2)ON(C(C)(C)C)C1c1c2cccccc-2c(C[NH+]([O-])C(C)(C)C)c1[Si](C)(C)C(C)(C)C. The normalized spacial score (nSPS) is 16.2. The lowest BCUT2D eigenvalue weighted by Crippen LogP contribution is -3.13. The van der Waals surface area contributed by atoms with Crippen LogP contribution in [0.1, 0.15) is 109 Å². The second-order valence-corrected chi connectivity index (χ2v) is 23.5. The molecular weight excluding hydrogens is 695 g/mol. The number of benzene rings is 2. The summed E-state index contributed by atoms with van der Waals surface area (Å²) in [6.45, 7) is 35.3. The van der Waals surface area contributed by atoms with Crippen LogP contribution in [-0.2, 0) is 11.4 Å². The average molecular weight is 752 g/mol. The van der Waals surface area contributed by atoms with Crippen molar-refractivity contribution in [1.29, 1.82) is 5.41 Å². The lowest BCUT2D eigenvalue weighted by atomic mass is 9.95. The minimum atomic E-state index is -2.37. The third-order valence-corrected chi connectivity index (χ3v) is 16.4. The summed E-state index contributed by atoms with van der Waals surface area (Å²) in [4.78, 5) is 15.6. The second kappa shape index (κ2) is 15.7. The first-order chi connectivity index (χ1) is 25.6. The summed E-state index contributed by atoms with van der Waals surface area (Å²) in [7, 11) is -2.37. The van der Waals surface area contributed by atoms with Crippen molar-refractivity contribution in [1.82, 2.24) is 5.06 Å². The Kier molecular flexibility index (Phi) is 11.8. The Morgan fingerprint density at radius 2 is 1.55 bits per heavy atom. The summed E-state index contributed by atoms with van der Waals surface area (Å²) in [5.74, 6) is 7.15. The van der Waals surface area contributed by atoms with Crippen LogP contribution in [0.5, 0.6) is 0 Å². The number of nitrogens with one attached hydrogen (secondary N) is 2. The Bertz CT molecular complexity index is 2210. The van der Waals surface area contributed by atoms with E-state index in [-0.39, 0.29) is 10.1 Å². The fourth-order valence-electron chi connectivity index (χ4n) is 6.85. The summed E-state index contributed by atoms with van der Waals surface area (Å²) in [5, 5.41) is 25.0. The lowest BCUT2D eigenvalue weighted by molar-refractivity contribution is -0.911. The molecule has 0 bridgehead atoms. The molecule has 8 heteroatoms. The minimum absolute atomic E-state index is 0.0520. The molecule has 2 unspecified atom stereocenters. The van der Waals surface area contributed by atoms with Gasteiger partial charge in [-0.15, -0.1) is 5.06 Å². The van der Waals surface area contributed by atoms with Crippen LogP contribution < -0.4 is 10.2 Å². The van der Waals surface area contributed by atoms with Gasteiger partial charge < -0.3 is 20.5 Å². The third kappa shape index (κ3) is 8.85. The van der Waals surface area contributed by atoms with Crippen LogP contribution in [0.25, 0.3) is 21.7 Å². The van der Waals surface area contributed by atoms with Crippen LogP contribution >= 0.6 is 0 Å². The van der Waals surface area contributed by atoms with Gasteiger partial charge in [-0.3, -0.25) is 4.99 Å². The van der Waals surface area contributed by atoms with Crippen LogP contribution in [0.15, 0.2) is 89.6 Å². The van der Waals surface area contributed by atoms with Gasteiger partial charge in [0.25, 0.3) is 0 Å². The number of hydroxylamine groups is 4. The van der Waals surface area contributed by atoms with Gasteiger partial charge in [0, 0.05) is 39.7 Å². The summed E-state index contributed by atoms with van der Waals surface area (Å²) in [6.07, 6.45) is 1.77. The number of nitrogens with zero attached hydrogens (tertiary/aromatic N) is 3. The standard InChI is InChI=1S/C47H57N5O2Si/c1-32(48)29-50-30-35-21-17-19-33(27-35)25-26-34-20-18-22-36(28-34)43-41(49-11)42(52(54-43)46(5,6)7)40-38-24-16-14-15-23-37(38)39(31-51(53)45(2,3)4)44(40)55(12,13)47(8,9)10/h14-24,27-28,30,42,48,51H,29,31H2,1-10,12-13H3. The van der Waals surface area contributed by atoms with Gasteiger partial charge in [0.1, 0.15) is 12.6 Å². The third-order valence-electron chi connectivity index (χ3n) is 10.8. The van der Waals surface area contributed by atoms with E-state index in [1.807, 2.05) is 80.4 Å². The number of aliphatic imine (C=N–C) groups is 1. The van der Waals surface area contributed by atoms with Crippen molar-refractivity contribution in [2.24, 2.45) is 4.99 Å². The Hall–Kier alpha value is -4.83. The molecule has 0 saturated heterocycles. The van der Waals surface area contributed by atoms with E-state index >= 15 is 0 Å². The molecule has 2 N–H and O–H groups in total. The van der Waals surface area contributed by atoms with E-state index in [9.17, 15) is 5.21 Å². The highest BCUT2D eigenvalue weighted by molar-refractivity contribution is 6.93. The smallest absolute Gasteiger partial charge is 0.234 e. The monoisotopic (exact) mass is 751 g/mol. The van der Waals surface area contributed by atoms with Gasteiger partial charge in [0.2, 0.25) is 5.70 Å². The predicted molar refractivity (Wildman–Crippen MR) is 231 cm³/mol. The minimum Gasteiger partial charge on any atom is -0.634 e. The Balaban J connectivity index is 1.72. The molecule has 0 amide bonds. The fourth-order valence-corrected chi connectivity index (χ4v) is 9.52. The molecule has 2 aliphatic carbocycles. The van der Waals surface area contributed by atoms with E-state index in [1.54, 1.807) is 13.1 Å². The molecular formula is C47H57N5O2Si. The lowest BCUT2D eigenvalue weighted by Gasteiger charge is -2.42. The quantitative estimate of drug-likeness (QED) is 0.0619. The first-order valence-corrected chi connectivity index (χ1v) is 22.1. The first-order valence-electron chi connectivity index (χ1n) is 19.1. The molecule has 0 spiro atoms. The highest BCUT2D eigenvalue weighted by Crippen LogP contribution is 2.51. The maximum Gasteiger partial charge on any atom is 0.234 e. The molecule has 1 aliphatic heterocycles. The van der Waals surface area contributed by atoms with Crippen molar-refractivity contribution < 1.29 is 9.90 Å². The van der Waals surface area contributed by atoms with E-state index in [0.29, 0.717) is 30.3 Å². The molecule has 0 saturated carbocycles. The van der Waals surface area contributed by atoms with Gasteiger partial charge in [-0.2, -0.15) is 0 Å². The Morgan fingerprint density at radius 1 is 0.927 bits per heavy atom. The van der Waals surface area contributed by atoms with Crippen molar-refractivity contribution in [2.75, 3.05) is 6.54 Å². The van der Waals surface area contributed by atoms with Crippen molar-refractivity contribution in [3.05, 3.63) is 135 Å². The zero-order chi connectivity index (χ0) is 40.5. The topological polar surface area (TPSA) is 80.5 Å². The Labute approximate surface area is 330 Å². The maximum atomic E-state index is 14.0. The molecule has 3 aliphatic rings. The van der Waals surface area contributed by atoms with E-state index in [2.05, 4.69) is 101 Å². The largest absolute Gasteiger partial charge is 0.634 e. The van der Waals surface area contributed by atoms with Crippen molar-refractivity contribution in [3.8, 4) is 23.0 Å². The number of rotatable bonds is 8. The highest BCUT2D eigenvalue weighted by Gasteiger charge is 2.51. The van der Waals surface area contributed by atoms with Crippen LogP contribution in [0, 0.1) is 29.0 Å². The Morgan fingerprint density at radius 3 is 2.13 bits per heavy atom. The van der Waals surface area contributed by atoms with Crippen molar-refractivity contribution >= 4 is 30.9 Å².